The Kier molecular flexibility index (Phi) is 5.11. The van der Waals surface area contributed by atoms with Crippen LogP contribution >= 0.6 is 0 Å². The molecule has 0 aliphatic heterocycles. The summed E-state index contributed by atoms with van der Waals surface area (Å²) in [6.45, 7) is 11.1. The molecule has 1 aromatic rings. The minimum absolute atomic E-state index is 0.00453. The van der Waals surface area contributed by atoms with Gasteiger partial charge in [0.2, 0.25) is 0 Å². The zero-order valence-corrected chi connectivity index (χ0v) is 18.9. The summed E-state index contributed by atoms with van der Waals surface area (Å²) in [4.78, 5) is 13.7. The van der Waals surface area contributed by atoms with Crippen LogP contribution in [0.15, 0.2) is 18.2 Å². The molecular formula is C22H34O4Si. The van der Waals surface area contributed by atoms with E-state index in [0.717, 1.165) is 42.6 Å². The van der Waals surface area contributed by atoms with E-state index >= 15 is 0 Å². The van der Waals surface area contributed by atoms with Crippen molar-refractivity contribution in [1.82, 2.24) is 0 Å². The average molecular weight is 391 g/mol. The summed E-state index contributed by atoms with van der Waals surface area (Å²) in [5, 5.41) is -0.00453. The van der Waals surface area contributed by atoms with Crippen LogP contribution < -0.4 is 4.74 Å². The average Bonchev–Trinajstić information content (AvgIpc) is 2.61. The van der Waals surface area contributed by atoms with Crippen LogP contribution in [-0.2, 0) is 26.0 Å². The van der Waals surface area contributed by atoms with Crippen LogP contribution in [0.1, 0.15) is 57.6 Å². The third kappa shape index (κ3) is 2.90. The van der Waals surface area contributed by atoms with Crippen molar-refractivity contribution in [3.05, 3.63) is 29.3 Å². The molecule has 2 aliphatic rings. The van der Waals surface area contributed by atoms with E-state index in [1.807, 2.05) is 12.1 Å². The third-order valence-electron chi connectivity index (χ3n) is 7.14. The number of carbonyl (C=O) groups excluding carboxylic acids is 1. The Morgan fingerprint density at radius 1 is 1.07 bits per heavy atom. The fourth-order valence-electron chi connectivity index (χ4n) is 4.60. The van der Waals surface area contributed by atoms with Crippen LogP contribution in [-0.4, -0.2) is 33.9 Å². The molecule has 1 fully saturated rings. The molecule has 4 nitrogen and oxygen atoms in total. The quantitative estimate of drug-likeness (QED) is 0.679. The summed E-state index contributed by atoms with van der Waals surface area (Å²) in [7, 11) is 1.18. The number of ketones is 1. The molecule has 3 rings (SSSR count). The lowest BCUT2D eigenvalue weighted by Gasteiger charge is -2.58. The number of ether oxygens (including phenoxy) is 2. The Labute approximate surface area is 164 Å². The van der Waals surface area contributed by atoms with E-state index in [0.29, 0.717) is 6.42 Å². The zero-order chi connectivity index (χ0) is 20.1. The maximum absolute atomic E-state index is 13.7. The number of carbonyl (C=O) groups is 1. The highest BCUT2D eigenvalue weighted by atomic mass is 28.4. The van der Waals surface area contributed by atoms with E-state index in [1.54, 1.807) is 14.2 Å². The van der Waals surface area contributed by atoms with Gasteiger partial charge >= 0.3 is 0 Å². The number of Topliss-reactive ketones (excluding diaryl/α,β-unsaturated/α-hetero) is 1. The minimum atomic E-state index is -2.25. The van der Waals surface area contributed by atoms with Crippen molar-refractivity contribution in [2.75, 3.05) is 14.2 Å². The van der Waals surface area contributed by atoms with Crippen LogP contribution in [0, 0.1) is 0 Å². The molecule has 5 heteroatoms. The van der Waals surface area contributed by atoms with Gasteiger partial charge in [-0.15, -0.1) is 0 Å². The van der Waals surface area contributed by atoms with Gasteiger partial charge in [0, 0.05) is 24.7 Å². The van der Waals surface area contributed by atoms with Gasteiger partial charge < -0.3 is 13.9 Å². The monoisotopic (exact) mass is 390 g/mol. The summed E-state index contributed by atoms with van der Waals surface area (Å²) < 4.78 is 18.9. The number of benzene rings is 1. The molecule has 150 valence electrons. The first-order valence-corrected chi connectivity index (χ1v) is 12.9. The Morgan fingerprint density at radius 3 is 2.37 bits per heavy atom. The fraction of sp³-hybridized carbons (Fsp3) is 0.682. The molecule has 2 atom stereocenters. The van der Waals surface area contributed by atoms with Crippen LogP contribution in [0.25, 0.3) is 0 Å². The molecule has 0 N–H and O–H groups in total. The number of fused-ring (bicyclic) bond motifs is 3. The molecule has 0 heterocycles. The van der Waals surface area contributed by atoms with Gasteiger partial charge in [-0.05, 0) is 49.9 Å². The third-order valence-corrected chi connectivity index (χ3v) is 11.6. The highest BCUT2D eigenvalue weighted by Gasteiger charge is 2.65. The largest absolute Gasteiger partial charge is 0.496 e. The van der Waals surface area contributed by atoms with E-state index in [-0.39, 0.29) is 10.8 Å². The predicted octanol–water partition coefficient (Wildman–Crippen LogP) is 5.00. The Hall–Kier alpha value is -1.17. The second-order valence-corrected chi connectivity index (χ2v) is 14.2. The first kappa shape index (κ1) is 20.6. The molecule has 0 radical (unpaired) electrons. The highest BCUT2D eigenvalue weighted by Crippen LogP contribution is 2.57. The summed E-state index contributed by atoms with van der Waals surface area (Å²) in [6, 6.07) is 6.01. The fourth-order valence-corrected chi connectivity index (χ4v) is 6.08. The second-order valence-electron chi connectivity index (χ2n) is 9.51. The standard InChI is InChI=1S/C22H34O4Si/c1-20(2,3)27(6,7)26-22-17-10-8-11-18(24-4)16(17)13-15-21(22,25-5)14-9-12-19(22)23/h8,10-11H,9,12-15H2,1-7H3. The van der Waals surface area contributed by atoms with E-state index in [9.17, 15) is 4.79 Å². The second kappa shape index (κ2) is 6.71. The molecule has 27 heavy (non-hydrogen) atoms. The van der Waals surface area contributed by atoms with Gasteiger partial charge in [-0.1, -0.05) is 32.9 Å². The van der Waals surface area contributed by atoms with Gasteiger partial charge in [0.25, 0.3) is 0 Å². The van der Waals surface area contributed by atoms with Crippen molar-refractivity contribution < 1.29 is 18.7 Å². The normalized spacial score (nSPS) is 28.5. The molecule has 0 aromatic heterocycles. The SMILES string of the molecule is COc1cccc2c1CCC1(OC)CCCC(=O)C21O[Si](C)(C)C(C)(C)C. The molecule has 0 saturated heterocycles. The van der Waals surface area contributed by atoms with Crippen LogP contribution in [0.2, 0.25) is 18.1 Å². The molecule has 1 saturated carbocycles. The smallest absolute Gasteiger partial charge is 0.194 e. The van der Waals surface area contributed by atoms with Crippen molar-refractivity contribution in [3.63, 3.8) is 0 Å². The predicted molar refractivity (Wildman–Crippen MR) is 110 cm³/mol. The van der Waals surface area contributed by atoms with E-state index in [1.165, 1.54) is 0 Å². The van der Waals surface area contributed by atoms with Crippen LogP contribution in [0.4, 0.5) is 0 Å². The maximum atomic E-state index is 13.7. The molecule has 1 aromatic carbocycles. The van der Waals surface area contributed by atoms with Gasteiger partial charge in [0.05, 0.1) is 7.11 Å². The van der Waals surface area contributed by atoms with Crippen molar-refractivity contribution in [3.8, 4) is 5.75 Å². The van der Waals surface area contributed by atoms with Crippen LogP contribution in [0.5, 0.6) is 5.75 Å². The summed E-state index contributed by atoms with van der Waals surface area (Å²) in [6.07, 6.45) is 3.85. The van der Waals surface area contributed by atoms with Crippen molar-refractivity contribution in [2.45, 2.75) is 82.2 Å². The van der Waals surface area contributed by atoms with Crippen LogP contribution in [0.3, 0.4) is 0 Å². The van der Waals surface area contributed by atoms with Gasteiger partial charge in [-0.2, -0.15) is 0 Å². The Balaban J connectivity index is 2.30. The summed E-state index contributed by atoms with van der Waals surface area (Å²) in [5.41, 5.74) is 0.425. The molecule has 2 aliphatic carbocycles. The topological polar surface area (TPSA) is 44.8 Å². The lowest BCUT2D eigenvalue weighted by atomic mass is 9.60. The highest BCUT2D eigenvalue weighted by molar-refractivity contribution is 6.74. The molecule has 0 spiro atoms. The van der Waals surface area contributed by atoms with Gasteiger partial charge in [-0.25, -0.2) is 0 Å². The van der Waals surface area contributed by atoms with Gasteiger partial charge in [0.1, 0.15) is 11.4 Å². The molecule has 0 bridgehead atoms. The van der Waals surface area contributed by atoms with Gasteiger partial charge in [-0.3, -0.25) is 4.79 Å². The number of hydrogen-bond acceptors (Lipinski definition) is 4. The number of hydrogen-bond donors (Lipinski definition) is 0. The molecule has 0 amide bonds. The minimum Gasteiger partial charge on any atom is -0.496 e. The van der Waals surface area contributed by atoms with Crippen molar-refractivity contribution in [1.29, 1.82) is 0 Å². The Bertz CT molecular complexity index is 736. The molecule has 2 unspecified atom stereocenters. The first-order chi connectivity index (χ1) is 12.5. The first-order valence-electron chi connectivity index (χ1n) is 10.00. The zero-order valence-electron chi connectivity index (χ0n) is 17.9. The lowest BCUT2D eigenvalue weighted by molar-refractivity contribution is -0.199. The number of rotatable bonds is 4. The summed E-state index contributed by atoms with van der Waals surface area (Å²) >= 11 is 0. The lowest BCUT2D eigenvalue weighted by Crippen LogP contribution is -2.67. The van der Waals surface area contributed by atoms with Crippen molar-refractivity contribution in [2.24, 2.45) is 0 Å². The maximum Gasteiger partial charge on any atom is 0.194 e. The van der Waals surface area contributed by atoms with E-state index < -0.39 is 19.5 Å². The van der Waals surface area contributed by atoms with Crippen molar-refractivity contribution >= 4 is 14.1 Å². The summed E-state index contributed by atoms with van der Waals surface area (Å²) in [5.74, 6) is 1.00. The van der Waals surface area contributed by atoms with E-state index in [2.05, 4.69) is 39.9 Å². The number of methoxy groups -OCH3 is 2. The molecular weight excluding hydrogens is 356 g/mol. The van der Waals surface area contributed by atoms with E-state index in [4.69, 9.17) is 13.9 Å². The van der Waals surface area contributed by atoms with Gasteiger partial charge in [0.15, 0.2) is 19.7 Å². The Morgan fingerprint density at radius 2 is 1.78 bits per heavy atom.